The zero-order valence-electron chi connectivity index (χ0n) is 11.0. The molecule has 21 heavy (non-hydrogen) atoms. The Balaban J connectivity index is 2.08. The molecule has 0 radical (unpaired) electrons. The van der Waals surface area contributed by atoms with Crippen LogP contribution in [-0.2, 0) is 0 Å². The van der Waals surface area contributed by atoms with E-state index < -0.39 is 0 Å². The van der Waals surface area contributed by atoms with Crippen molar-refractivity contribution in [3.63, 3.8) is 0 Å². The van der Waals surface area contributed by atoms with Gasteiger partial charge in [-0.05, 0) is 0 Å². The number of alkyl halides is 2. The SMILES string of the molecule is O=C(CCl)c1ccc([Se]c2ccc(C(=O)CCl)cc2)cc1. The summed E-state index contributed by atoms with van der Waals surface area (Å²) in [5, 5.41) is 0. The number of hydrogen-bond donors (Lipinski definition) is 0. The number of benzene rings is 2. The Labute approximate surface area is 139 Å². The fourth-order valence-corrected chi connectivity index (χ4v) is 3.73. The molecule has 108 valence electrons. The van der Waals surface area contributed by atoms with E-state index in [1.54, 1.807) is 24.3 Å². The zero-order valence-corrected chi connectivity index (χ0v) is 14.2. The van der Waals surface area contributed by atoms with Crippen molar-refractivity contribution in [1.82, 2.24) is 0 Å². The summed E-state index contributed by atoms with van der Waals surface area (Å²) in [5.41, 5.74) is 1.26. The number of hydrogen-bond acceptors (Lipinski definition) is 2. The minimum absolute atomic E-state index is 0.000547. The van der Waals surface area contributed by atoms with Crippen LogP contribution in [0.5, 0.6) is 0 Å². The van der Waals surface area contributed by atoms with Crippen LogP contribution >= 0.6 is 23.2 Å². The van der Waals surface area contributed by atoms with Gasteiger partial charge in [-0.2, -0.15) is 0 Å². The molecule has 0 aliphatic carbocycles. The monoisotopic (exact) mass is 386 g/mol. The summed E-state index contributed by atoms with van der Waals surface area (Å²) in [6.07, 6.45) is 0. The van der Waals surface area contributed by atoms with Gasteiger partial charge in [0.25, 0.3) is 0 Å². The van der Waals surface area contributed by atoms with Gasteiger partial charge in [-0.25, -0.2) is 0 Å². The summed E-state index contributed by atoms with van der Waals surface area (Å²) < 4.78 is 2.31. The molecule has 0 saturated carbocycles. The van der Waals surface area contributed by atoms with Gasteiger partial charge in [0.1, 0.15) is 0 Å². The average Bonchev–Trinajstić information content (AvgIpc) is 2.55. The summed E-state index contributed by atoms with van der Waals surface area (Å²) >= 11 is 11.2. The van der Waals surface area contributed by atoms with Crippen LogP contribution in [-0.4, -0.2) is 38.3 Å². The molecule has 2 rings (SSSR count). The first-order chi connectivity index (χ1) is 10.1. The van der Waals surface area contributed by atoms with Crippen LogP contribution in [0.25, 0.3) is 0 Å². The molecule has 0 aromatic heterocycles. The van der Waals surface area contributed by atoms with Crippen LogP contribution in [0.1, 0.15) is 20.7 Å². The summed E-state index contributed by atoms with van der Waals surface area (Å²) in [7, 11) is 0. The molecule has 0 aliphatic heterocycles. The number of carbonyl (C=O) groups is 2. The van der Waals surface area contributed by atoms with Gasteiger partial charge in [-0.15, -0.1) is 0 Å². The van der Waals surface area contributed by atoms with E-state index in [1.807, 2.05) is 24.3 Å². The van der Waals surface area contributed by atoms with Crippen molar-refractivity contribution in [3.8, 4) is 0 Å². The maximum atomic E-state index is 11.4. The van der Waals surface area contributed by atoms with E-state index in [0.717, 1.165) is 8.92 Å². The average molecular weight is 386 g/mol. The van der Waals surface area contributed by atoms with E-state index in [-0.39, 0.29) is 38.3 Å². The molecule has 0 amide bonds. The molecule has 0 N–H and O–H groups in total. The van der Waals surface area contributed by atoms with Crippen LogP contribution in [0.2, 0.25) is 0 Å². The van der Waals surface area contributed by atoms with Gasteiger partial charge in [0.15, 0.2) is 0 Å². The van der Waals surface area contributed by atoms with Gasteiger partial charge in [-0.3, -0.25) is 0 Å². The molecule has 0 unspecified atom stereocenters. The fraction of sp³-hybridized carbons (Fsp3) is 0.125. The number of ketones is 2. The molecule has 0 heterocycles. The number of carbonyl (C=O) groups excluding carboxylic acids is 2. The van der Waals surface area contributed by atoms with Crippen LogP contribution in [0.3, 0.4) is 0 Å². The van der Waals surface area contributed by atoms with Crippen LogP contribution in [0.4, 0.5) is 0 Å². The normalized spacial score (nSPS) is 10.4. The molecule has 0 saturated heterocycles. The molecule has 0 aliphatic rings. The van der Waals surface area contributed by atoms with Crippen molar-refractivity contribution >= 4 is 58.6 Å². The molecule has 2 aromatic rings. The van der Waals surface area contributed by atoms with Gasteiger partial charge in [0.2, 0.25) is 0 Å². The Morgan fingerprint density at radius 1 is 0.714 bits per heavy atom. The quantitative estimate of drug-likeness (QED) is 0.434. The molecule has 2 aromatic carbocycles. The molecular formula is C16H12Cl2O2Se. The standard InChI is InChI=1S/C16H12Cl2O2Se/c17-9-15(19)11-1-5-13(6-2-11)21-14-7-3-12(4-8-14)16(20)10-18/h1-8H,9-10H2. The number of halogens is 2. The van der Waals surface area contributed by atoms with Crippen molar-refractivity contribution in [2.24, 2.45) is 0 Å². The first-order valence-corrected chi connectivity index (χ1v) is 8.98. The second kappa shape index (κ2) is 7.76. The Bertz CT molecular complexity index is 579. The molecular weight excluding hydrogens is 374 g/mol. The van der Waals surface area contributed by atoms with Crippen molar-refractivity contribution in [3.05, 3.63) is 59.7 Å². The third-order valence-electron chi connectivity index (χ3n) is 2.83. The minimum atomic E-state index is -0.0698. The van der Waals surface area contributed by atoms with Gasteiger partial charge in [0, 0.05) is 0 Å². The molecule has 5 heteroatoms. The Hall–Kier alpha value is -1.12. The first kappa shape index (κ1) is 16.3. The first-order valence-electron chi connectivity index (χ1n) is 6.20. The molecule has 0 atom stereocenters. The predicted octanol–water partition coefficient (Wildman–Crippen LogP) is 2.18. The second-order valence-electron chi connectivity index (χ2n) is 4.26. The third kappa shape index (κ3) is 4.42. The van der Waals surface area contributed by atoms with E-state index in [0.29, 0.717) is 11.1 Å². The summed E-state index contributed by atoms with van der Waals surface area (Å²) in [5.74, 6) is -0.138. The van der Waals surface area contributed by atoms with E-state index in [2.05, 4.69) is 0 Å². The topological polar surface area (TPSA) is 34.1 Å². The number of rotatable bonds is 6. The van der Waals surface area contributed by atoms with Gasteiger partial charge >= 0.3 is 140 Å². The van der Waals surface area contributed by atoms with E-state index >= 15 is 0 Å². The van der Waals surface area contributed by atoms with Gasteiger partial charge in [-0.1, -0.05) is 0 Å². The van der Waals surface area contributed by atoms with Crippen molar-refractivity contribution in [2.45, 2.75) is 0 Å². The van der Waals surface area contributed by atoms with Gasteiger partial charge in [0.05, 0.1) is 0 Å². The Morgan fingerprint density at radius 2 is 1.05 bits per heavy atom. The van der Waals surface area contributed by atoms with Gasteiger partial charge < -0.3 is 0 Å². The summed E-state index contributed by atoms with van der Waals surface area (Å²) in [4.78, 5) is 22.9. The van der Waals surface area contributed by atoms with Crippen LogP contribution < -0.4 is 8.92 Å². The third-order valence-corrected chi connectivity index (χ3v) is 5.45. The van der Waals surface area contributed by atoms with Crippen LogP contribution in [0.15, 0.2) is 48.5 Å². The Morgan fingerprint density at radius 3 is 1.33 bits per heavy atom. The fourth-order valence-electron chi connectivity index (χ4n) is 1.71. The van der Waals surface area contributed by atoms with E-state index in [4.69, 9.17) is 23.2 Å². The molecule has 0 fully saturated rings. The summed E-state index contributed by atoms with van der Waals surface area (Å²) in [6.45, 7) is 0. The Kier molecular flexibility index (Phi) is 6.01. The predicted molar refractivity (Wildman–Crippen MR) is 88.0 cm³/mol. The zero-order chi connectivity index (χ0) is 15.2. The van der Waals surface area contributed by atoms with Crippen molar-refractivity contribution in [2.75, 3.05) is 11.8 Å². The van der Waals surface area contributed by atoms with Crippen molar-refractivity contribution < 1.29 is 9.59 Å². The molecule has 0 bridgehead atoms. The van der Waals surface area contributed by atoms with Crippen LogP contribution in [0, 0.1) is 0 Å². The van der Waals surface area contributed by atoms with E-state index in [9.17, 15) is 9.59 Å². The molecule has 2 nitrogen and oxygen atoms in total. The molecule has 0 spiro atoms. The van der Waals surface area contributed by atoms with E-state index in [1.165, 1.54) is 0 Å². The summed E-state index contributed by atoms with van der Waals surface area (Å²) in [6, 6.07) is 15.0. The maximum absolute atomic E-state index is 11.4. The number of Topliss-reactive ketones (excluding diaryl/α,β-unsaturated/α-hetero) is 2. The second-order valence-corrected chi connectivity index (χ2v) is 7.21. The van der Waals surface area contributed by atoms with Crippen molar-refractivity contribution in [1.29, 1.82) is 0 Å².